The summed E-state index contributed by atoms with van der Waals surface area (Å²) in [5.41, 5.74) is -1.13. The van der Waals surface area contributed by atoms with Gasteiger partial charge in [0.25, 0.3) is 11.5 Å². The molecule has 3 rings (SSSR count). The minimum atomic E-state index is -1.28. The maximum atomic E-state index is 12.6. The lowest BCUT2D eigenvalue weighted by Gasteiger charge is -2.25. The molecular weight excluding hydrogens is 318 g/mol. The summed E-state index contributed by atoms with van der Waals surface area (Å²) < 4.78 is 1.40. The van der Waals surface area contributed by atoms with Crippen LogP contribution in [0.1, 0.15) is 46.6 Å². The largest absolute Gasteiger partial charge is 0.480 e. The zero-order valence-corrected chi connectivity index (χ0v) is 13.7. The van der Waals surface area contributed by atoms with Crippen molar-refractivity contribution in [2.45, 2.75) is 45.1 Å². The number of aromatic nitrogens is 2. The fourth-order valence-electron chi connectivity index (χ4n) is 2.99. The average molecular weight is 335 g/mol. The Morgan fingerprint density at radius 2 is 2.00 bits per heavy atom. The van der Waals surface area contributed by atoms with Gasteiger partial charge in [-0.05, 0) is 26.7 Å². The molecule has 23 heavy (non-hydrogen) atoms. The summed E-state index contributed by atoms with van der Waals surface area (Å²) in [6.07, 6.45) is 3.47. The zero-order chi connectivity index (χ0) is 16.8. The Bertz CT molecular complexity index is 861. The van der Waals surface area contributed by atoms with Gasteiger partial charge in [0, 0.05) is 16.8 Å². The summed E-state index contributed by atoms with van der Waals surface area (Å²) in [4.78, 5) is 42.2. The maximum absolute atomic E-state index is 12.6. The van der Waals surface area contributed by atoms with E-state index in [2.05, 4.69) is 10.3 Å². The highest BCUT2D eigenvalue weighted by molar-refractivity contribution is 7.17. The van der Waals surface area contributed by atoms with E-state index in [0.29, 0.717) is 17.8 Å². The molecule has 1 amide bonds. The predicted octanol–water partition coefficient (Wildman–Crippen LogP) is 1.50. The van der Waals surface area contributed by atoms with Gasteiger partial charge in [0.15, 0.2) is 4.96 Å². The maximum Gasteiger partial charge on any atom is 0.329 e. The number of nitrogens with zero attached hydrogens (tertiary/aromatic N) is 2. The SMILES string of the molecule is Cc1sc2ncc(C(=O)NC3(C(=O)O)CCCC3)c(=O)n2c1C. The molecule has 2 aromatic rings. The van der Waals surface area contributed by atoms with Gasteiger partial charge in [-0.3, -0.25) is 14.0 Å². The summed E-state index contributed by atoms with van der Waals surface area (Å²) in [6, 6.07) is 0. The van der Waals surface area contributed by atoms with Crippen molar-refractivity contribution in [1.29, 1.82) is 0 Å². The summed E-state index contributed by atoms with van der Waals surface area (Å²) in [5.74, 6) is -1.73. The third-order valence-corrected chi connectivity index (χ3v) is 5.55. The van der Waals surface area contributed by atoms with E-state index in [1.54, 1.807) is 6.92 Å². The molecule has 1 fully saturated rings. The van der Waals surface area contributed by atoms with Crippen LogP contribution in [0.15, 0.2) is 11.0 Å². The fourth-order valence-corrected chi connectivity index (χ4v) is 3.92. The van der Waals surface area contributed by atoms with Crippen LogP contribution in [-0.4, -0.2) is 31.9 Å². The molecule has 122 valence electrons. The van der Waals surface area contributed by atoms with E-state index in [4.69, 9.17) is 0 Å². The second-order valence-electron chi connectivity index (χ2n) is 5.89. The number of thiazole rings is 1. The molecule has 2 aromatic heterocycles. The van der Waals surface area contributed by atoms with Crippen LogP contribution in [-0.2, 0) is 4.79 Å². The Kier molecular flexibility index (Phi) is 3.71. The molecule has 2 heterocycles. The molecule has 1 saturated carbocycles. The van der Waals surface area contributed by atoms with Crippen LogP contribution in [0.3, 0.4) is 0 Å². The van der Waals surface area contributed by atoms with Gasteiger partial charge >= 0.3 is 5.97 Å². The van der Waals surface area contributed by atoms with Gasteiger partial charge in [-0.25, -0.2) is 9.78 Å². The molecule has 8 heteroatoms. The van der Waals surface area contributed by atoms with Crippen LogP contribution >= 0.6 is 11.3 Å². The lowest BCUT2D eigenvalue weighted by molar-refractivity contribution is -0.144. The number of aryl methyl sites for hydroxylation is 2. The monoisotopic (exact) mass is 335 g/mol. The molecule has 0 unspecified atom stereocenters. The molecule has 0 bridgehead atoms. The molecule has 0 aromatic carbocycles. The van der Waals surface area contributed by atoms with Gasteiger partial charge < -0.3 is 10.4 Å². The topological polar surface area (TPSA) is 101 Å². The summed E-state index contributed by atoms with van der Waals surface area (Å²) in [6.45, 7) is 3.67. The second-order valence-corrected chi connectivity index (χ2v) is 7.07. The predicted molar refractivity (Wildman–Crippen MR) is 85.1 cm³/mol. The molecule has 0 spiro atoms. The molecular formula is C15H17N3O4S. The summed E-state index contributed by atoms with van der Waals surface area (Å²) >= 11 is 1.38. The lowest BCUT2D eigenvalue weighted by Crippen LogP contribution is -2.53. The lowest BCUT2D eigenvalue weighted by atomic mass is 9.97. The molecule has 0 atom stereocenters. The van der Waals surface area contributed by atoms with Crippen LogP contribution in [0.2, 0.25) is 0 Å². The quantitative estimate of drug-likeness (QED) is 0.885. The number of carboxylic acids is 1. The van der Waals surface area contributed by atoms with E-state index in [1.165, 1.54) is 21.9 Å². The van der Waals surface area contributed by atoms with Crippen LogP contribution in [0, 0.1) is 13.8 Å². The highest BCUT2D eigenvalue weighted by Crippen LogP contribution is 2.30. The Balaban J connectivity index is 2.01. The molecule has 7 nitrogen and oxygen atoms in total. The van der Waals surface area contributed by atoms with Gasteiger partial charge in [-0.1, -0.05) is 12.8 Å². The van der Waals surface area contributed by atoms with E-state index in [9.17, 15) is 19.5 Å². The smallest absolute Gasteiger partial charge is 0.329 e. The van der Waals surface area contributed by atoms with E-state index in [-0.39, 0.29) is 5.56 Å². The Labute approximate surface area is 136 Å². The minimum absolute atomic E-state index is 0.129. The van der Waals surface area contributed by atoms with Crippen molar-refractivity contribution in [2.24, 2.45) is 0 Å². The van der Waals surface area contributed by atoms with Crippen LogP contribution in [0.4, 0.5) is 0 Å². The summed E-state index contributed by atoms with van der Waals surface area (Å²) in [5, 5.41) is 12.0. The van der Waals surface area contributed by atoms with Crippen LogP contribution < -0.4 is 10.9 Å². The number of nitrogens with one attached hydrogen (secondary N) is 1. The fraction of sp³-hybridized carbons (Fsp3) is 0.467. The van der Waals surface area contributed by atoms with Crippen molar-refractivity contribution >= 4 is 28.2 Å². The van der Waals surface area contributed by atoms with E-state index >= 15 is 0 Å². The normalized spacial score (nSPS) is 16.6. The van der Waals surface area contributed by atoms with E-state index < -0.39 is 23.0 Å². The van der Waals surface area contributed by atoms with Gasteiger partial charge in [-0.15, -0.1) is 11.3 Å². The van der Waals surface area contributed by atoms with Crippen molar-refractivity contribution in [1.82, 2.24) is 14.7 Å². The van der Waals surface area contributed by atoms with Crippen LogP contribution in [0.25, 0.3) is 4.96 Å². The van der Waals surface area contributed by atoms with Crippen molar-refractivity contribution in [3.8, 4) is 0 Å². The third kappa shape index (κ3) is 2.42. The summed E-state index contributed by atoms with van der Waals surface area (Å²) in [7, 11) is 0. The average Bonchev–Trinajstić information content (AvgIpc) is 3.06. The van der Waals surface area contributed by atoms with Crippen molar-refractivity contribution in [3.05, 3.63) is 32.7 Å². The van der Waals surface area contributed by atoms with Gasteiger partial charge in [0.1, 0.15) is 11.1 Å². The number of carbonyl (C=O) groups is 2. The molecule has 0 aliphatic heterocycles. The third-order valence-electron chi connectivity index (χ3n) is 4.48. The van der Waals surface area contributed by atoms with Crippen LogP contribution in [0.5, 0.6) is 0 Å². The molecule has 0 saturated heterocycles. The number of amides is 1. The van der Waals surface area contributed by atoms with E-state index in [0.717, 1.165) is 23.4 Å². The van der Waals surface area contributed by atoms with Crippen molar-refractivity contribution in [3.63, 3.8) is 0 Å². The van der Waals surface area contributed by atoms with Gasteiger partial charge in [0.05, 0.1) is 0 Å². The second kappa shape index (κ2) is 5.45. The Morgan fingerprint density at radius 3 is 2.61 bits per heavy atom. The molecule has 1 aliphatic carbocycles. The highest BCUT2D eigenvalue weighted by Gasteiger charge is 2.43. The number of hydrogen-bond donors (Lipinski definition) is 2. The van der Waals surface area contributed by atoms with Gasteiger partial charge in [-0.2, -0.15) is 0 Å². The number of aliphatic carboxylic acids is 1. The first-order chi connectivity index (χ1) is 10.9. The first-order valence-electron chi connectivity index (χ1n) is 7.39. The minimum Gasteiger partial charge on any atom is -0.480 e. The first-order valence-corrected chi connectivity index (χ1v) is 8.21. The van der Waals surface area contributed by atoms with Gasteiger partial charge in [0.2, 0.25) is 0 Å². The Hall–Kier alpha value is -2.22. The standard InChI is InChI=1S/C15H17N3O4S/c1-8-9(2)23-14-16-7-10(12(20)18(8)14)11(19)17-15(13(21)22)5-3-4-6-15/h7H,3-6H2,1-2H3,(H,17,19)(H,21,22). The number of hydrogen-bond acceptors (Lipinski definition) is 5. The molecule has 1 aliphatic rings. The highest BCUT2D eigenvalue weighted by atomic mass is 32.1. The number of carbonyl (C=O) groups excluding carboxylic acids is 1. The Morgan fingerprint density at radius 1 is 1.35 bits per heavy atom. The van der Waals surface area contributed by atoms with Crippen molar-refractivity contribution < 1.29 is 14.7 Å². The number of fused-ring (bicyclic) bond motifs is 1. The first kappa shape index (κ1) is 15.7. The number of rotatable bonds is 3. The molecule has 2 N–H and O–H groups in total. The van der Waals surface area contributed by atoms with E-state index in [1.807, 2.05) is 6.92 Å². The molecule has 0 radical (unpaired) electrons. The number of carboxylic acid groups (broad SMARTS) is 1. The zero-order valence-electron chi connectivity index (χ0n) is 12.9. The van der Waals surface area contributed by atoms with Crippen molar-refractivity contribution in [2.75, 3.05) is 0 Å².